The predicted octanol–water partition coefficient (Wildman–Crippen LogP) is 5.37. The van der Waals surface area contributed by atoms with Gasteiger partial charge in [-0.25, -0.2) is 4.98 Å². The van der Waals surface area contributed by atoms with Gasteiger partial charge in [0, 0.05) is 11.3 Å². The van der Waals surface area contributed by atoms with E-state index in [4.69, 9.17) is 34.8 Å². The van der Waals surface area contributed by atoms with Gasteiger partial charge in [0.25, 0.3) is 0 Å². The summed E-state index contributed by atoms with van der Waals surface area (Å²) in [7, 11) is 0. The molecule has 1 aliphatic heterocycles. The summed E-state index contributed by atoms with van der Waals surface area (Å²) in [5, 5.41) is 1.09. The Kier molecular flexibility index (Phi) is 4.15. The molecule has 2 heterocycles. The van der Waals surface area contributed by atoms with Crippen molar-refractivity contribution in [2.45, 2.75) is 36.9 Å². The number of hydrogen-bond donors (Lipinski definition) is 0. The van der Waals surface area contributed by atoms with Gasteiger partial charge in [-0.05, 0) is 37.7 Å². The number of hydrogen-bond acceptors (Lipinski definition) is 2. The summed E-state index contributed by atoms with van der Waals surface area (Å²) in [5.74, 6) is 2.50. The van der Waals surface area contributed by atoms with Crippen molar-refractivity contribution in [1.29, 1.82) is 0 Å². The number of imidazole rings is 1. The van der Waals surface area contributed by atoms with Crippen LogP contribution in [0.3, 0.4) is 0 Å². The van der Waals surface area contributed by atoms with E-state index in [-0.39, 0.29) is 4.75 Å². The second kappa shape index (κ2) is 5.60. The first-order chi connectivity index (χ1) is 9.52. The smallest absolute Gasteiger partial charge is 0.124 e. The highest BCUT2D eigenvalue weighted by atomic mass is 35.5. The average molecular weight is 350 g/mol. The molecule has 1 aromatic carbocycles. The molecule has 3 rings (SSSR count). The largest absolute Gasteiger partial charge is 0.326 e. The molecular formula is C14H15Cl3N2S. The number of aromatic nitrogens is 2. The molecule has 1 atom stereocenters. The Morgan fingerprint density at radius 1 is 1.35 bits per heavy atom. The Labute approximate surface area is 137 Å². The maximum Gasteiger partial charge on any atom is 0.124 e. The van der Waals surface area contributed by atoms with Gasteiger partial charge in [-0.3, -0.25) is 0 Å². The lowest BCUT2D eigenvalue weighted by Crippen LogP contribution is -2.24. The van der Waals surface area contributed by atoms with Gasteiger partial charge in [-0.1, -0.05) is 23.2 Å². The minimum atomic E-state index is 0.251. The van der Waals surface area contributed by atoms with Crippen molar-refractivity contribution < 1.29 is 0 Å². The predicted molar refractivity (Wildman–Crippen MR) is 89.4 cm³/mol. The third kappa shape index (κ3) is 2.66. The van der Waals surface area contributed by atoms with Gasteiger partial charge in [0.1, 0.15) is 5.82 Å². The van der Waals surface area contributed by atoms with Crippen molar-refractivity contribution in [3.05, 3.63) is 28.0 Å². The lowest BCUT2D eigenvalue weighted by Gasteiger charge is -2.24. The molecule has 0 bridgehead atoms. The van der Waals surface area contributed by atoms with Crippen LogP contribution in [0.2, 0.25) is 10.0 Å². The van der Waals surface area contributed by atoms with Crippen LogP contribution in [0, 0.1) is 0 Å². The standard InChI is InChI=1S/C14H15Cl3N2S/c1-14(3-2-4-20-14)8-19-12-6-10(17)9(16)5-11(12)18-13(19)7-15/h5-6H,2-4,7-8H2,1H3. The highest BCUT2D eigenvalue weighted by Gasteiger charge is 2.31. The van der Waals surface area contributed by atoms with E-state index in [1.54, 1.807) is 0 Å². The maximum absolute atomic E-state index is 6.15. The van der Waals surface area contributed by atoms with Crippen LogP contribution >= 0.6 is 46.6 Å². The van der Waals surface area contributed by atoms with Crippen molar-refractivity contribution >= 4 is 57.6 Å². The van der Waals surface area contributed by atoms with Crippen LogP contribution in [0.4, 0.5) is 0 Å². The van der Waals surface area contributed by atoms with Gasteiger partial charge < -0.3 is 4.57 Å². The van der Waals surface area contributed by atoms with Crippen LogP contribution in [-0.2, 0) is 12.4 Å². The molecule has 0 aliphatic carbocycles. The van der Waals surface area contributed by atoms with E-state index in [1.165, 1.54) is 18.6 Å². The van der Waals surface area contributed by atoms with Crippen LogP contribution in [0.1, 0.15) is 25.6 Å². The minimum Gasteiger partial charge on any atom is -0.326 e. The first-order valence-corrected chi connectivity index (χ1v) is 8.84. The van der Waals surface area contributed by atoms with Crippen LogP contribution in [0.25, 0.3) is 11.0 Å². The number of fused-ring (bicyclic) bond motifs is 1. The molecule has 0 saturated carbocycles. The molecule has 20 heavy (non-hydrogen) atoms. The molecule has 0 spiro atoms. The minimum absolute atomic E-state index is 0.251. The number of nitrogens with zero attached hydrogens (tertiary/aromatic N) is 2. The summed E-state index contributed by atoms with van der Waals surface area (Å²) in [5.41, 5.74) is 1.88. The lowest BCUT2D eigenvalue weighted by atomic mass is 10.1. The van der Waals surface area contributed by atoms with E-state index in [1.807, 2.05) is 23.9 Å². The maximum atomic E-state index is 6.15. The second-order valence-electron chi connectivity index (χ2n) is 5.40. The zero-order chi connectivity index (χ0) is 14.3. The number of alkyl halides is 1. The Hall–Kier alpha value is -0.0900. The fraction of sp³-hybridized carbons (Fsp3) is 0.500. The molecule has 1 saturated heterocycles. The molecule has 1 aromatic heterocycles. The molecule has 0 radical (unpaired) electrons. The monoisotopic (exact) mass is 348 g/mol. The number of halogens is 3. The summed E-state index contributed by atoms with van der Waals surface area (Å²) in [6.45, 7) is 3.22. The summed E-state index contributed by atoms with van der Waals surface area (Å²) < 4.78 is 2.45. The van der Waals surface area contributed by atoms with Gasteiger partial charge in [-0.15, -0.1) is 11.6 Å². The Bertz CT molecular complexity index is 647. The van der Waals surface area contributed by atoms with Gasteiger partial charge in [0.05, 0.1) is 27.0 Å². The lowest BCUT2D eigenvalue weighted by molar-refractivity contribution is 0.510. The molecule has 1 fully saturated rings. The van der Waals surface area contributed by atoms with Crippen LogP contribution < -0.4 is 0 Å². The fourth-order valence-electron chi connectivity index (χ4n) is 2.74. The van der Waals surface area contributed by atoms with Gasteiger partial charge in [-0.2, -0.15) is 11.8 Å². The van der Waals surface area contributed by atoms with Crippen LogP contribution in [-0.4, -0.2) is 20.1 Å². The van der Waals surface area contributed by atoms with Gasteiger partial charge in [0.15, 0.2) is 0 Å². The normalized spacial score (nSPS) is 22.8. The number of rotatable bonds is 3. The molecule has 1 unspecified atom stereocenters. The first kappa shape index (κ1) is 14.8. The average Bonchev–Trinajstić information content (AvgIpc) is 2.96. The highest BCUT2D eigenvalue weighted by molar-refractivity contribution is 8.00. The molecule has 0 N–H and O–H groups in total. The molecule has 108 valence electrons. The van der Waals surface area contributed by atoms with E-state index in [9.17, 15) is 0 Å². The van der Waals surface area contributed by atoms with Crippen molar-refractivity contribution in [3.63, 3.8) is 0 Å². The Morgan fingerprint density at radius 2 is 2.10 bits per heavy atom. The molecule has 6 heteroatoms. The highest BCUT2D eigenvalue weighted by Crippen LogP contribution is 2.40. The molecule has 0 amide bonds. The number of benzene rings is 1. The van der Waals surface area contributed by atoms with Gasteiger partial charge >= 0.3 is 0 Å². The summed E-state index contributed by atoms with van der Waals surface area (Å²) in [4.78, 5) is 4.58. The SMILES string of the molecule is CC1(Cn2c(CCl)nc3cc(Cl)c(Cl)cc32)CCCS1. The van der Waals surface area contributed by atoms with Crippen LogP contribution in [0.15, 0.2) is 12.1 Å². The van der Waals surface area contributed by atoms with Crippen molar-refractivity contribution in [1.82, 2.24) is 9.55 Å². The topological polar surface area (TPSA) is 17.8 Å². The van der Waals surface area contributed by atoms with Crippen LogP contribution in [0.5, 0.6) is 0 Å². The zero-order valence-corrected chi connectivity index (χ0v) is 14.2. The van der Waals surface area contributed by atoms with Gasteiger partial charge in [0.2, 0.25) is 0 Å². The molecule has 2 aromatic rings. The van der Waals surface area contributed by atoms with E-state index in [0.29, 0.717) is 15.9 Å². The summed E-state index contributed by atoms with van der Waals surface area (Å²) >= 11 is 20.3. The Balaban J connectivity index is 2.10. The van der Waals surface area contributed by atoms with Crippen molar-refractivity contribution in [3.8, 4) is 0 Å². The van der Waals surface area contributed by atoms with E-state index in [2.05, 4.69) is 16.5 Å². The van der Waals surface area contributed by atoms with Crippen molar-refractivity contribution in [2.75, 3.05) is 5.75 Å². The van der Waals surface area contributed by atoms with E-state index < -0.39 is 0 Å². The van der Waals surface area contributed by atoms with E-state index in [0.717, 1.165) is 23.4 Å². The van der Waals surface area contributed by atoms with E-state index >= 15 is 0 Å². The molecule has 1 aliphatic rings. The quantitative estimate of drug-likeness (QED) is 0.693. The molecule has 2 nitrogen and oxygen atoms in total. The van der Waals surface area contributed by atoms with Crippen molar-refractivity contribution in [2.24, 2.45) is 0 Å². The summed E-state index contributed by atoms with van der Waals surface area (Å²) in [6.07, 6.45) is 2.50. The Morgan fingerprint density at radius 3 is 2.75 bits per heavy atom. The summed E-state index contributed by atoms with van der Waals surface area (Å²) in [6, 6.07) is 3.71. The first-order valence-electron chi connectivity index (χ1n) is 6.56. The number of thioether (sulfide) groups is 1. The zero-order valence-electron chi connectivity index (χ0n) is 11.1. The molecular weight excluding hydrogens is 335 g/mol. The second-order valence-corrected chi connectivity index (χ2v) is 8.17. The fourth-order valence-corrected chi connectivity index (χ4v) is 4.55. The third-order valence-corrected chi connectivity index (χ3v) is 6.27. The third-order valence-electron chi connectivity index (χ3n) is 3.78.